The van der Waals surface area contributed by atoms with Crippen LogP contribution in [0, 0.1) is 6.92 Å². The maximum atomic E-state index is 12.4. The number of anilines is 1. The molecule has 1 amide bonds. The Morgan fingerprint density at radius 2 is 1.75 bits per heavy atom. The van der Waals surface area contributed by atoms with Gasteiger partial charge in [0.05, 0.1) is 0 Å². The second-order valence-corrected chi connectivity index (χ2v) is 6.53. The van der Waals surface area contributed by atoms with Crippen LogP contribution in [0.25, 0.3) is 11.1 Å². The van der Waals surface area contributed by atoms with E-state index in [0.717, 1.165) is 17.7 Å². The van der Waals surface area contributed by atoms with Crippen LogP contribution >= 0.6 is 11.6 Å². The van der Waals surface area contributed by atoms with Crippen LogP contribution in [0.2, 0.25) is 5.02 Å². The van der Waals surface area contributed by atoms with Gasteiger partial charge in [-0.2, -0.15) is 0 Å². The summed E-state index contributed by atoms with van der Waals surface area (Å²) < 4.78 is 0. The van der Waals surface area contributed by atoms with Gasteiger partial charge in [0.15, 0.2) is 0 Å². The van der Waals surface area contributed by atoms with Gasteiger partial charge in [0.25, 0.3) is 5.91 Å². The Labute approximate surface area is 146 Å². The summed E-state index contributed by atoms with van der Waals surface area (Å²) in [6.45, 7) is 1.92. The second-order valence-electron chi connectivity index (χ2n) is 6.12. The highest BCUT2D eigenvalue weighted by Gasteiger charge is 2.18. The van der Waals surface area contributed by atoms with Gasteiger partial charge in [-0.15, -0.1) is 0 Å². The summed E-state index contributed by atoms with van der Waals surface area (Å²) in [7, 11) is 0. The van der Waals surface area contributed by atoms with Gasteiger partial charge >= 0.3 is 0 Å². The number of nitrogens with one attached hydrogen (secondary N) is 1. The molecular formula is C21H16ClNO. The van der Waals surface area contributed by atoms with Crippen LogP contribution in [0.1, 0.15) is 27.0 Å². The third-order valence-corrected chi connectivity index (χ3v) is 4.89. The molecule has 3 aromatic carbocycles. The summed E-state index contributed by atoms with van der Waals surface area (Å²) in [5.41, 5.74) is 7.45. The normalized spacial score (nSPS) is 11.8. The summed E-state index contributed by atoms with van der Waals surface area (Å²) in [5, 5.41) is 3.57. The van der Waals surface area contributed by atoms with E-state index in [0.29, 0.717) is 10.6 Å². The molecule has 0 aromatic heterocycles. The molecule has 0 saturated carbocycles. The SMILES string of the molecule is Cc1ccc(C(=O)Nc2ccc3c(c2)Cc2ccccc2-3)cc1Cl. The van der Waals surface area contributed by atoms with Gasteiger partial charge in [0.1, 0.15) is 0 Å². The molecule has 0 bridgehead atoms. The quantitative estimate of drug-likeness (QED) is 0.517. The molecule has 0 spiro atoms. The first-order valence-electron chi connectivity index (χ1n) is 7.90. The lowest BCUT2D eigenvalue weighted by atomic mass is 10.1. The largest absolute Gasteiger partial charge is 0.322 e. The van der Waals surface area contributed by atoms with Crippen LogP contribution in [0.4, 0.5) is 5.69 Å². The minimum absolute atomic E-state index is 0.146. The van der Waals surface area contributed by atoms with Crippen LogP contribution in [-0.2, 0) is 6.42 Å². The Bertz CT molecular complexity index is 962. The van der Waals surface area contributed by atoms with Gasteiger partial charge < -0.3 is 5.32 Å². The zero-order valence-electron chi connectivity index (χ0n) is 13.3. The number of halogens is 1. The van der Waals surface area contributed by atoms with Gasteiger partial charge in [-0.1, -0.05) is 48.0 Å². The Morgan fingerprint density at radius 3 is 2.58 bits per heavy atom. The van der Waals surface area contributed by atoms with E-state index >= 15 is 0 Å². The van der Waals surface area contributed by atoms with E-state index in [1.165, 1.54) is 22.3 Å². The number of benzene rings is 3. The van der Waals surface area contributed by atoms with Crippen LogP contribution < -0.4 is 5.32 Å². The highest BCUT2D eigenvalue weighted by Crippen LogP contribution is 2.37. The molecule has 4 rings (SSSR count). The fourth-order valence-electron chi connectivity index (χ4n) is 3.16. The summed E-state index contributed by atoms with van der Waals surface area (Å²) in [4.78, 5) is 12.4. The molecule has 2 nitrogen and oxygen atoms in total. The van der Waals surface area contributed by atoms with Gasteiger partial charge in [-0.25, -0.2) is 0 Å². The maximum Gasteiger partial charge on any atom is 0.255 e. The smallest absolute Gasteiger partial charge is 0.255 e. The van der Waals surface area contributed by atoms with Crippen molar-refractivity contribution in [2.45, 2.75) is 13.3 Å². The predicted molar refractivity (Wildman–Crippen MR) is 98.8 cm³/mol. The highest BCUT2D eigenvalue weighted by molar-refractivity contribution is 6.31. The molecule has 24 heavy (non-hydrogen) atoms. The predicted octanol–water partition coefficient (Wildman–Crippen LogP) is 5.47. The number of aryl methyl sites for hydroxylation is 1. The first-order valence-corrected chi connectivity index (χ1v) is 8.28. The van der Waals surface area contributed by atoms with Crippen molar-refractivity contribution in [2.24, 2.45) is 0 Å². The average molecular weight is 334 g/mol. The van der Waals surface area contributed by atoms with Crippen molar-refractivity contribution in [3.63, 3.8) is 0 Å². The van der Waals surface area contributed by atoms with Crippen LogP contribution in [-0.4, -0.2) is 5.91 Å². The van der Waals surface area contributed by atoms with E-state index in [1.54, 1.807) is 12.1 Å². The van der Waals surface area contributed by atoms with Gasteiger partial charge in [0, 0.05) is 16.3 Å². The van der Waals surface area contributed by atoms with E-state index in [1.807, 2.05) is 19.1 Å². The van der Waals surface area contributed by atoms with Gasteiger partial charge in [0.2, 0.25) is 0 Å². The lowest BCUT2D eigenvalue weighted by Gasteiger charge is -2.09. The summed E-state index contributed by atoms with van der Waals surface area (Å²) in [6, 6.07) is 19.9. The molecule has 0 radical (unpaired) electrons. The summed E-state index contributed by atoms with van der Waals surface area (Å²) in [5.74, 6) is -0.146. The third-order valence-electron chi connectivity index (χ3n) is 4.49. The minimum Gasteiger partial charge on any atom is -0.322 e. The first kappa shape index (κ1) is 15.0. The number of carbonyl (C=O) groups excluding carboxylic acids is 1. The van der Waals surface area contributed by atoms with Crippen LogP contribution in [0.5, 0.6) is 0 Å². The molecule has 0 saturated heterocycles. The molecule has 3 aromatic rings. The molecule has 3 heteroatoms. The highest BCUT2D eigenvalue weighted by atomic mass is 35.5. The Kier molecular flexibility index (Phi) is 3.62. The van der Waals surface area contributed by atoms with Crippen molar-refractivity contribution in [3.8, 4) is 11.1 Å². The van der Waals surface area contributed by atoms with Gasteiger partial charge in [-0.05, 0) is 65.4 Å². The van der Waals surface area contributed by atoms with Crippen LogP contribution in [0.3, 0.4) is 0 Å². The number of hydrogen-bond donors (Lipinski definition) is 1. The number of fused-ring (bicyclic) bond motifs is 3. The second kappa shape index (κ2) is 5.81. The Hall–Kier alpha value is -2.58. The molecule has 0 unspecified atom stereocenters. The number of carbonyl (C=O) groups is 1. The topological polar surface area (TPSA) is 29.1 Å². The third kappa shape index (κ3) is 2.59. The minimum atomic E-state index is -0.146. The molecule has 0 aliphatic heterocycles. The average Bonchev–Trinajstić information content (AvgIpc) is 2.95. The van der Waals surface area contributed by atoms with Crippen LogP contribution in [0.15, 0.2) is 60.7 Å². The molecule has 1 N–H and O–H groups in total. The first-order chi connectivity index (χ1) is 11.6. The molecule has 0 atom stereocenters. The van der Waals surface area contributed by atoms with E-state index < -0.39 is 0 Å². The monoisotopic (exact) mass is 333 g/mol. The van der Waals surface area contributed by atoms with Gasteiger partial charge in [-0.3, -0.25) is 4.79 Å². The maximum absolute atomic E-state index is 12.4. The molecule has 0 fully saturated rings. The van der Waals surface area contributed by atoms with E-state index in [-0.39, 0.29) is 5.91 Å². The standard InChI is InChI=1S/C21H16ClNO/c1-13-6-7-15(12-20(13)22)21(24)23-17-8-9-19-16(11-17)10-14-4-2-3-5-18(14)19/h2-9,11-12H,10H2,1H3,(H,23,24). The molecule has 118 valence electrons. The Balaban J connectivity index is 1.59. The fourth-order valence-corrected chi connectivity index (χ4v) is 3.34. The zero-order valence-corrected chi connectivity index (χ0v) is 14.0. The molecule has 1 aliphatic rings. The van der Waals surface area contributed by atoms with E-state index in [2.05, 4.69) is 41.7 Å². The van der Waals surface area contributed by atoms with Crippen molar-refractivity contribution in [2.75, 3.05) is 5.32 Å². The van der Waals surface area contributed by atoms with Crippen molar-refractivity contribution in [1.29, 1.82) is 0 Å². The van der Waals surface area contributed by atoms with E-state index in [4.69, 9.17) is 11.6 Å². The van der Waals surface area contributed by atoms with Crippen molar-refractivity contribution < 1.29 is 4.79 Å². The molecular weight excluding hydrogens is 318 g/mol. The van der Waals surface area contributed by atoms with Crippen molar-refractivity contribution >= 4 is 23.2 Å². The van der Waals surface area contributed by atoms with E-state index in [9.17, 15) is 4.79 Å². The number of hydrogen-bond acceptors (Lipinski definition) is 1. The fraction of sp³-hybridized carbons (Fsp3) is 0.0952. The molecule has 1 aliphatic carbocycles. The summed E-state index contributed by atoms with van der Waals surface area (Å²) in [6.07, 6.45) is 0.908. The Morgan fingerprint density at radius 1 is 0.958 bits per heavy atom. The van der Waals surface area contributed by atoms with Crippen molar-refractivity contribution in [3.05, 3.63) is 87.9 Å². The number of amides is 1. The lowest BCUT2D eigenvalue weighted by molar-refractivity contribution is 0.102. The summed E-state index contributed by atoms with van der Waals surface area (Å²) >= 11 is 6.11. The van der Waals surface area contributed by atoms with Crippen molar-refractivity contribution in [1.82, 2.24) is 0 Å². The molecule has 0 heterocycles. The lowest BCUT2D eigenvalue weighted by Crippen LogP contribution is -2.12. The zero-order chi connectivity index (χ0) is 16.7. The number of rotatable bonds is 2.